The molecule has 0 aliphatic heterocycles. The topological polar surface area (TPSA) is 73.6 Å². The molecule has 0 heterocycles. The first-order chi connectivity index (χ1) is 11.0. The molecule has 0 saturated heterocycles. The molecule has 0 aromatic heterocycles. The lowest BCUT2D eigenvalue weighted by Gasteiger charge is -2.32. The summed E-state index contributed by atoms with van der Waals surface area (Å²) in [6, 6.07) is 5.95. The third-order valence-electron chi connectivity index (χ3n) is 4.66. The van der Waals surface area contributed by atoms with Crippen LogP contribution in [0.2, 0.25) is 0 Å². The van der Waals surface area contributed by atoms with E-state index in [9.17, 15) is 4.79 Å². The zero-order chi connectivity index (χ0) is 16.8. The molecule has 0 bridgehead atoms. The highest BCUT2D eigenvalue weighted by Gasteiger charge is 2.31. The minimum Gasteiger partial charge on any atom is -0.492 e. The molecule has 5 nitrogen and oxygen atoms in total. The Morgan fingerprint density at radius 2 is 2.04 bits per heavy atom. The van der Waals surface area contributed by atoms with E-state index < -0.39 is 0 Å². The van der Waals surface area contributed by atoms with Crippen LogP contribution in [-0.4, -0.2) is 38.3 Å². The molecule has 3 N–H and O–H groups in total. The maximum atomic E-state index is 12.2. The van der Waals surface area contributed by atoms with Gasteiger partial charge in [-0.15, -0.1) is 12.4 Å². The number of nitrogens with one attached hydrogen (secondary N) is 1. The highest BCUT2D eigenvalue weighted by molar-refractivity contribution is 5.85. The number of carbonyl (C=O) groups excluding carboxylic acids is 1. The Kier molecular flexibility index (Phi) is 8.53. The summed E-state index contributed by atoms with van der Waals surface area (Å²) in [5.41, 5.74) is 8.49. The van der Waals surface area contributed by atoms with Gasteiger partial charge in [-0.2, -0.15) is 0 Å². The monoisotopic (exact) mass is 356 g/mol. The number of hydrogen-bond acceptors (Lipinski definition) is 4. The van der Waals surface area contributed by atoms with E-state index in [2.05, 4.69) is 19.2 Å². The van der Waals surface area contributed by atoms with Crippen molar-refractivity contribution in [2.45, 2.75) is 45.3 Å². The van der Waals surface area contributed by atoms with Crippen molar-refractivity contribution < 1.29 is 14.3 Å². The Morgan fingerprint density at radius 3 is 2.67 bits per heavy atom. The number of aryl methyl sites for hydroxylation is 2. The number of ether oxygens (including phenoxy) is 2. The third kappa shape index (κ3) is 5.65. The van der Waals surface area contributed by atoms with Crippen molar-refractivity contribution in [3.63, 3.8) is 0 Å². The van der Waals surface area contributed by atoms with E-state index in [4.69, 9.17) is 15.2 Å². The van der Waals surface area contributed by atoms with Crippen molar-refractivity contribution in [3.05, 3.63) is 29.3 Å². The van der Waals surface area contributed by atoms with Crippen LogP contribution in [0.4, 0.5) is 0 Å². The number of methoxy groups -OCH3 is 1. The molecular weight excluding hydrogens is 328 g/mol. The molecule has 2 rings (SSSR count). The fraction of sp³-hybridized carbons (Fsp3) is 0.611. The highest BCUT2D eigenvalue weighted by atomic mass is 35.5. The van der Waals surface area contributed by atoms with E-state index in [1.165, 1.54) is 11.1 Å². The van der Waals surface area contributed by atoms with Gasteiger partial charge < -0.3 is 20.5 Å². The van der Waals surface area contributed by atoms with E-state index in [1.54, 1.807) is 7.11 Å². The first-order valence-electron chi connectivity index (χ1n) is 8.27. The van der Waals surface area contributed by atoms with Gasteiger partial charge in [-0.25, -0.2) is 0 Å². The molecule has 0 unspecified atom stereocenters. The Balaban J connectivity index is 0.00000288. The summed E-state index contributed by atoms with van der Waals surface area (Å²) in [7, 11) is 1.68. The Bertz CT molecular complexity index is 539. The number of nitrogens with two attached hydrogens (primary N) is 1. The van der Waals surface area contributed by atoms with E-state index in [-0.39, 0.29) is 36.4 Å². The maximum Gasteiger partial charge on any atom is 0.223 e. The summed E-state index contributed by atoms with van der Waals surface area (Å²) in [5.74, 6) is 0.890. The van der Waals surface area contributed by atoms with Gasteiger partial charge in [0, 0.05) is 19.1 Å². The number of amides is 1. The van der Waals surface area contributed by atoms with Crippen LogP contribution in [0.25, 0.3) is 0 Å². The van der Waals surface area contributed by atoms with Gasteiger partial charge in [0.25, 0.3) is 0 Å². The van der Waals surface area contributed by atoms with Crippen molar-refractivity contribution >= 4 is 18.3 Å². The minimum atomic E-state index is -0.0590. The SMILES string of the molecule is CO[C@@H]1CC[C@H](C(=O)NCCOc2ccc(C)c(C)c2)C[C@H]1N.Cl. The molecule has 1 aliphatic rings. The van der Waals surface area contributed by atoms with Gasteiger partial charge >= 0.3 is 0 Å². The van der Waals surface area contributed by atoms with Crippen molar-refractivity contribution in [1.82, 2.24) is 5.32 Å². The number of carbonyl (C=O) groups is 1. The van der Waals surface area contributed by atoms with Crippen LogP contribution in [0.5, 0.6) is 5.75 Å². The lowest BCUT2D eigenvalue weighted by molar-refractivity contribution is -0.127. The molecule has 1 aromatic carbocycles. The van der Waals surface area contributed by atoms with Crippen LogP contribution in [-0.2, 0) is 9.53 Å². The molecule has 1 saturated carbocycles. The summed E-state index contributed by atoms with van der Waals surface area (Å²) >= 11 is 0. The van der Waals surface area contributed by atoms with Gasteiger partial charge in [-0.1, -0.05) is 6.07 Å². The third-order valence-corrected chi connectivity index (χ3v) is 4.66. The minimum absolute atomic E-state index is 0. The second-order valence-electron chi connectivity index (χ2n) is 6.33. The summed E-state index contributed by atoms with van der Waals surface area (Å²) in [6.45, 7) is 5.10. The molecule has 1 amide bonds. The summed E-state index contributed by atoms with van der Waals surface area (Å²) < 4.78 is 11.0. The summed E-state index contributed by atoms with van der Waals surface area (Å²) in [4.78, 5) is 12.2. The van der Waals surface area contributed by atoms with Crippen LogP contribution in [0.1, 0.15) is 30.4 Å². The van der Waals surface area contributed by atoms with Crippen LogP contribution in [0, 0.1) is 19.8 Å². The lowest BCUT2D eigenvalue weighted by atomic mass is 9.83. The molecule has 0 radical (unpaired) electrons. The Labute approximate surface area is 150 Å². The molecule has 6 heteroatoms. The van der Waals surface area contributed by atoms with Gasteiger partial charge in [0.15, 0.2) is 0 Å². The molecule has 24 heavy (non-hydrogen) atoms. The maximum absolute atomic E-state index is 12.2. The number of rotatable bonds is 6. The smallest absolute Gasteiger partial charge is 0.223 e. The van der Waals surface area contributed by atoms with Crippen LogP contribution in [0.15, 0.2) is 18.2 Å². The van der Waals surface area contributed by atoms with E-state index in [1.807, 2.05) is 18.2 Å². The zero-order valence-electron chi connectivity index (χ0n) is 14.7. The van der Waals surface area contributed by atoms with Gasteiger partial charge in [-0.05, 0) is 56.4 Å². The van der Waals surface area contributed by atoms with E-state index in [0.717, 1.165) is 18.6 Å². The van der Waals surface area contributed by atoms with Crippen LogP contribution < -0.4 is 15.8 Å². The molecule has 136 valence electrons. The predicted octanol–water partition coefficient (Wildman–Crippen LogP) is 2.36. The highest BCUT2D eigenvalue weighted by Crippen LogP contribution is 2.25. The zero-order valence-corrected chi connectivity index (χ0v) is 15.5. The van der Waals surface area contributed by atoms with Crippen LogP contribution >= 0.6 is 12.4 Å². The lowest BCUT2D eigenvalue weighted by Crippen LogP contribution is -2.46. The molecule has 0 spiro atoms. The number of hydrogen-bond donors (Lipinski definition) is 2. The first-order valence-corrected chi connectivity index (χ1v) is 8.27. The molecular formula is C18H29ClN2O3. The fourth-order valence-electron chi connectivity index (χ4n) is 3.00. The van der Waals surface area contributed by atoms with Gasteiger partial charge in [-0.3, -0.25) is 4.79 Å². The fourth-order valence-corrected chi connectivity index (χ4v) is 3.00. The Hall–Kier alpha value is -1.30. The average molecular weight is 357 g/mol. The van der Waals surface area contributed by atoms with Gasteiger partial charge in [0.05, 0.1) is 12.6 Å². The first kappa shape index (κ1) is 20.7. The van der Waals surface area contributed by atoms with Crippen LogP contribution in [0.3, 0.4) is 0 Å². The Morgan fingerprint density at radius 1 is 1.29 bits per heavy atom. The molecule has 3 atom stereocenters. The number of benzene rings is 1. The number of halogens is 1. The van der Waals surface area contributed by atoms with Crippen molar-refractivity contribution in [2.24, 2.45) is 11.7 Å². The molecule has 1 aromatic rings. The van der Waals surface area contributed by atoms with Gasteiger partial charge in [0.1, 0.15) is 12.4 Å². The predicted molar refractivity (Wildman–Crippen MR) is 97.8 cm³/mol. The molecule has 1 aliphatic carbocycles. The van der Waals surface area contributed by atoms with Crippen molar-refractivity contribution in [3.8, 4) is 5.75 Å². The van der Waals surface area contributed by atoms with Crippen molar-refractivity contribution in [2.75, 3.05) is 20.3 Å². The van der Waals surface area contributed by atoms with Crippen molar-refractivity contribution in [1.29, 1.82) is 0 Å². The summed E-state index contributed by atoms with van der Waals surface area (Å²) in [6.07, 6.45) is 2.43. The van der Waals surface area contributed by atoms with Gasteiger partial charge in [0.2, 0.25) is 5.91 Å². The summed E-state index contributed by atoms with van der Waals surface area (Å²) in [5, 5.41) is 2.94. The quantitative estimate of drug-likeness (QED) is 0.767. The normalized spacial score (nSPS) is 23.2. The average Bonchev–Trinajstić information content (AvgIpc) is 2.54. The second-order valence-corrected chi connectivity index (χ2v) is 6.33. The second kappa shape index (κ2) is 9.87. The van der Waals surface area contributed by atoms with E-state index >= 15 is 0 Å². The molecule has 1 fully saturated rings. The standard InChI is InChI=1S/C18H28N2O3.ClH/c1-12-4-6-15(10-13(12)2)23-9-8-20-18(21)14-5-7-17(22-3)16(19)11-14;/h4,6,10,14,16-17H,5,7-9,11,19H2,1-3H3,(H,20,21);1H/t14-,16+,17+;/m0./s1. The largest absolute Gasteiger partial charge is 0.492 e. The van der Waals surface area contributed by atoms with E-state index in [0.29, 0.717) is 19.6 Å².